The van der Waals surface area contributed by atoms with Crippen molar-refractivity contribution in [3.05, 3.63) is 47.1 Å². The number of anilines is 2. The molecule has 2 aromatic heterocycles. The fraction of sp³-hybridized carbons (Fsp3) is 0.552. The van der Waals surface area contributed by atoms with Crippen LogP contribution in [0.25, 0.3) is 10.2 Å². The van der Waals surface area contributed by atoms with Crippen LogP contribution in [0.2, 0.25) is 0 Å². The molecule has 2 aliphatic heterocycles. The SMILES string of the molecule is C[C@@H]1CC(C(=O)c2ccc(NC3CC4(CCN(c5ncnc6sc(CC(F)(F)F)cc56)C4)C3)cc2)C[C@H](C)O1. The molecule has 6 rings (SSSR count). The quantitative estimate of drug-likeness (QED) is 0.342. The monoisotopic (exact) mass is 558 g/mol. The molecule has 4 heterocycles. The molecule has 1 aliphatic carbocycles. The molecule has 1 spiro atoms. The van der Waals surface area contributed by atoms with Gasteiger partial charge in [0.05, 0.1) is 24.0 Å². The van der Waals surface area contributed by atoms with Crippen molar-refractivity contribution in [3.8, 4) is 0 Å². The van der Waals surface area contributed by atoms with Crippen molar-refractivity contribution >= 4 is 38.8 Å². The van der Waals surface area contributed by atoms with E-state index in [0.29, 0.717) is 16.3 Å². The molecule has 3 aliphatic rings. The lowest BCUT2D eigenvalue weighted by molar-refractivity contribution is -0.126. The third-order valence-corrected chi connectivity index (χ3v) is 9.48. The molecule has 0 radical (unpaired) electrons. The summed E-state index contributed by atoms with van der Waals surface area (Å²) in [6.07, 6.45) is 1.13. The number of halogens is 3. The predicted molar refractivity (Wildman–Crippen MR) is 147 cm³/mol. The number of ether oxygens (including phenoxy) is 1. The highest BCUT2D eigenvalue weighted by Gasteiger charge is 2.49. The minimum Gasteiger partial charge on any atom is -0.382 e. The molecular formula is C29H33F3N4O2S. The molecular weight excluding hydrogens is 525 g/mol. The van der Waals surface area contributed by atoms with E-state index in [1.54, 1.807) is 6.07 Å². The maximum absolute atomic E-state index is 13.0. The van der Waals surface area contributed by atoms with Gasteiger partial charge in [-0.2, -0.15) is 13.2 Å². The van der Waals surface area contributed by atoms with Crippen LogP contribution in [0.15, 0.2) is 36.7 Å². The minimum atomic E-state index is -4.24. The van der Waals surface area contributed by atoms with Crippen molar-refractivity contribution in [3.63, 3.8) is 0 Å². The zero-order chi connectivity index (χ0) is 27.4. The lowest BCUT2D eigenvalue weighted by atomic mass is 9.65. The zero-order valence-electron chi connectivity index (χ0n) is 22.1. The molecule has 0 bridgehead atoms. The van der Waals surface area contributed by atoms with Gasteiger partial charge in [0, 0.05) is 41.2 Å². The number of benzene rings is 1. The third-order valence-electron chi connectivity index (χ3n) is 8.44. The molecule has 3 fully saturated rings. The number of carbonyl (C=O) groups excluding carboxylic acids is 1. The molecule has 10 heteroatoms. The topological polar surface area (TPSA) is 67.4 Å². The molecule has 2 saturated heterocycles. The number of hydrogen-bond acceptors (Lipinski definition) is 7. The van der Waals surface area contributed by atoms with Crippen LogP contribution in [-0.4, -0.2) is 53.3 Å². The van der Waals surface area contributed by atoms with Gasteiger partial charge in [-0.25, -0.2) is 9.97 Å². The van der Waals surface area contributed by atoms with Crippen LogP contribution in [0.4, 0.5) is 24.7 Å². The number of thiophene rings is 1. The normalized spacial score (nSPS) is 29.1. The highest BCUT2D eigenvalue weighted by atomic mass is 32.1. The summed E-state index contributed by atoms with van der Waals surface area (Å²) in [6.45, 7) is 5.74. The molecule has 1 saturated carbocycles. The molecule has 3 atom stereocenters. The van der Waals surface area contributed by atoms with Crippen molar-refractivity contribution in [2.24, 2.45) is 11.3 Å². The van der Waals surface area contributed by atoms with Crippen LogP contribution in [0, 0.1) is 11.3 Å². The van der Waals surface area contributed by atoms with Gasteiger partial charge >= 0.3 is 6.18 Å². The lowest BCUT2D eigenvalue weighted by Gasteiger charge is -2.46. The van der Waals surface area contributed by atoms with Crippen LogP contribution in [0.5, 0.6) is 0 Å². The Balaban J connectivity index is 1.05. The van der Waals surface area contributed by atoms with Gasteiger partial charge in [0.15, 0.2) is 5.78 Å². The second-order valence-corrected chi connectivity index (χ2v) is 12.8. The van der Waals surface area contributed by atoms with Gasteiger partial charge in [-0.15, -0.1) is 11.3 Å². The van der Waals surface area contributed by atoms with E-state index in [-0.39, 0.29) is 34.2 Å². The Morgan fingerprint density at radius 1 is 1.15 bits per heavy atom. The number of nitrogens with zero attached hydrogens (tertiary/aromatic N) is 3. The number of alkyl halides is 3. The first kappa shape index (κ1) is 26.5. The Hall–Kier alpha value is -2.72. The first-order valence-corrected chi connectivity index (χ1v) is 14.5. The van der Waals surface area contributed by atoms with E-state index in [9.17, 15) is 18.0 Å². The second-order valence-electron chi connectivity index (χ2n) is 11.7. The van der Waals surface area contributed by atoms with Crippen molar-refractivity contribution in [1.29, 1.82) is 0 Å². The highest BCUT2D eigenvalue weighted by molar-refractivity contribution is 7.18. The Bertz CT molecular complexity index is 1340. The fourth-order valence-corrected chi connectivity index (χ4v) is 7.81. The van der Waals surface area contributed by atoms with Gasteiger partial charge in [-0.3, -0.25) is 4.79 Å². The second kappa shape index (κ2) is 10.0. The average Bonchev–Trinajstić information content (AvgIpc) is 3.46. The zero-order valence-corrected chi connectivity index (χ0v) is 22.9. The van der Waals surface area contributed by atoms with E-state index in [1.165, 1.54) is 6.33 Å². The fourth-order valence-electron chi connectivity index (χ4n) is 6.79. The van der Waals surface area contributed by atoms with Gasteiger partial charge in [-0.05, 0) is 81.7 Å². The molecule has 1 unspecified atom stereocenters. The van der Waals surface area contributed by atoms with Crippen LogP contribution in [-0.2, 0) is 11.2 Å². The van der Waals surface area contributed by atoms with E-state index in [2.05, 4.69) is 20.2 Å². The van der Waals surface area contributed by atoms with Gasteiger partial charge in [-0.1, -0.05) is 0 Å². The summed E-state index contributed by atoms with van der Waals surface area (Å²) in [4.78, 5) is 24.8. The maximum Gasteiger partial charge on any atom is 0.393 e. The molecule has 208 valence electrons. The number of Topliss-reactive ketones (excluding diaryl/α,β-unsaturated/α-hetero) is 1. The van der Waals surface area contributed by atoms with Gasteiger partial charge in [0.1, 0.15) is 17.0 Å². The number of carbonyl (C=O) groups is 1. The summed E-state index contributed by atoms with van der Waals surface area (Å²) in [5.41, 5.74) is 1.96. The van der Waals surface area contributed by atoms with Gasteiger partial charge in [0.2, 0.25) is 0 Å². The van der Waals surface area contributed by atoms with Crippen molar-refractivity contribution in [2.45, 2.75) is 76.8 Å². The number of hydrogen-bond donors (Lipinski definition) is 1. The summed E-state index contributed by atoms with van der Waals surface area (Å²) in [5, 5.41) is 4.33. The Labute approximate surface area is 230 Å². The molecule has 0 amide bonds. The van der Waals surface area contributed by atoms with Crippen LogP contribution < -0.4 is 10.2 Å². The Morgan fingerprint density at radius 3 is 2.56 bits per heavy atom. The van der Waals surface area contributed by atoms with E-state index < -0.39 is 12.6 Å². The number of rotatable bonds is 6. The summed E-state index contributed by atoms with van der Waals surface area (Å²) in [5.74, 6) is 0.958. The highest BCUT2D eigenvalue weighted by Crippen LogP contribution is 2.50. The molecule has 1 N–H and O–H groups in total. The summed E-state index contributed by atoms with van der Waals surface area (Å²) in [7, 11) is 0. The van der Waals surface area contributed by atoms with E-state index >= 15 is 0 Å². The molecule has 39 heavy (non-hydrogen) atoms. The Morgan fingerprint density at radius 2 is 1.87 bits per heavy atom. The standard InChI is InChI=1S/C29H33F3N4O2S/c1-17-9-20(10-18(2)38-17)25(37)19-3-5-21(6-4-19)35-22-12-28(13-22)7-8-36(15-28)26-24-11-23(14-29(30,31)32)39-27(24)34-16-33-26/h3-6,11,16-18,20,22,35H,7-10,12-15H2,1-2H3/t17-,18+,20?,22?,28?. The predicted octanol–water partition coefficient (Wildman–Crippen LogP) is 6.65. The smallest absolute Gasteiger partial charge is 0.382 e. The maximum atomic E-state index is 13.0. The van der Waals surface area contributed by atoms with E-state index in [1.807, 2.05) is 38.1 Å². The average molecular weight is 559 g/mol. The van der Waals surface area contributed by atoms with Crippen molar-refractivity contribution in [2.75, 3.05) is 23.3 Å². The molecule has 1 aromatic carbocycles. The largest absolute Gasteiger partial charge is 0.393 e. The van der Waals surface area contributed by atoms with E-state index in [0.717, 1.165) is 73.6 Å². The summed E-state index contributed by atoms with van der Waals surface area (Å²) in [6, 6.07) is 9.81. The van der Waals surface area contributed by atoms with Crippen LogP contribution >= 0.6 is 11.3 Å². The van der Waals surface area contributed by atoms with Crippen molar-refractivity contribution in [1.82, 2.24) is 9.97 Å². The Kier molecular flexibility index (Phi) is 6.82. The minimum absolute atomic E-state index is 0.0146. The number of fused-ring (bicyclic) bond motifs is 1. The van der Waals surface area contributed by atoms with Crippen molar-refractivity contribution < 1.29 is 22.7 Å². The van der Waals surface area contributed by atoms with Crippen LogP contribution in [0.3, 0.4) is 0 Å². The number of aromatic nitrogens is 2. The van der Waals surface area contributed by atoms with Gasteiger partial charge < -0.3 is 15.0 Å². The first-order valence-electron chi connectivity index (χ1n) is 13.7. The lowest BCUT2D eigenvalue weighted by Crippen LogP contribution is -2.46. The van der Waals surface area contributed by atoms with E-state index in [4.69, 9.17) is 4.74 Å². The summed E-state index contributed by atoms with van der Waals surface area (Å²) < 4.78 is 44.5. The third kappa shape index (κ3) is 5.63. The van der Waals surface area contributed by atoms with Crippen LogP contribution in [0.1, 0.15) is 61.2 Å². The molecule has 6 nitrogen and oxygen atoms in total. The number of ketones is 1. The number of nitrogens with one attached hydrogen (secondary N) is 1. The summed E-state index contributed by atoms with van der Waals surface area (Å²) >= 11 is 1.09. The molecule has 3 aromatic rings. The first-order chi connectivity index (χ1) is 18.6. The van der Waals surface area contributed by atoms with Gasteiger partial charge in [0.25, 0.3) is 0 Å².